The van der Waals surface area contributed by atoms with Crippen LogP contribution in [0.15, 0.2) is 24.7 Å². The molecule has 1 aliphatic heterocycles. The number of ether oxygens (including phenoxy) is 2. The van der Waals surface area contributed by atoms with Gasteiger partial charge in [-0.15, -0.1) is 0 Å². The molecule has 36 nitrogen and oxygen atoms in total. The van der Waals surface area contributed by atoms with Gasteiger partial charge in [0.2, 0.25) is 65.0 Å². The fourth-order valence-corrected chi connectivity index (χ4v) is 8.05. The smallest absolute Gasteiger partial charge is 0.305 e. The number of aromatic nitrogens is 2. The molecule has 13 amide bonds. The van der Waals surface area contributed by atoms with Gasteiger partial charge in [-0.2, -0.15) is 0 Å². The van der Waals surface area contributed by atoms with Gasteiger partial charge in [0.1, 0.15) is 42.3 Å². The second-order valence-electron chi connectivity index (χ2n) is 20.3. The Kier molecular flexibility index (Phi) is 34.9. The summed E-state index contributed by atoms with van der Waals surface area (Å²) in [6.45, 7) is 1.34. The molecule has 0 saturated carbocycles. The Hall–Kier alpha value is -9.16. The number of rotatable bonds is 45. The van der Waals surface area contributed by atoms with Gasteiger partial charge in [-0.25, -0.2) is 4.98 Å². The molecule has 7 atom stereocenters. The lowest BCUT2D eigenvalue weighted by Crippen LogP contribution is -2.60. The molecule has 2 rings (SSSR count). The Morgan fingerprint density at radius 1 is 0.602 bits per heavy atom. The molecule has 1 aliphatic rings. The summed E-state index contributed by atoms with van der Waals surface area (Å²) < 4.78 is 10.2. The number of nitrogens with zero attached hydrogens (tertiary/aromatic N) is 2. The number of aliphatic carboxylic acids is 1. The number of imide groups is 1. The van der Waals surface area contributed by atoms with Crippen molar-refractivity contribution < 1.29 is 91.9 Å². The number of methoxy groups -OCH3 is 1. The number of nitrogens with two attached hydrogens (primary N) is 2. The summed E-state index contributed by atoms with van der Waals surface area (Å²) in [4.78, 5) is 189. The number of aromatic amines is 1. The number of nitrogens with one attached hydrogen (secondary N) is 13. The number of hydrogen-bond acceptors (Lipinski definition) is 20. The van der Waals surface area contributed by atoms with E-state index in [-0.39, 0.29) is 63.4 Å². The van der Waals surface area contributed by atoms with Crippen molar-refractivity contribution in [3.05, 3.63) is 30.4 Å². The van der Waals surface area contributed by atoms with Crippen LogP contribution in [0.1, 0.15) is 83.7 Å². The molecule has 0 aliphatic carbocycles. The number of guanidine groups is 1. The molecule has 88 heavy (non-hydrogen) atoms. The maximum atomic E-state index is 13.7. The normalized spacial score (nSPS) is 14.1. The summed E-state index contributed by atoms with van der Waals surface area (Å²) in [5.41, 5.74) is 11.0. The number of hydrogen-bond donors (Lipinski definition) is 18. The van der Waals surface area contributed by atoms with Crippen molar-refractivity contribution in [3.8, 4) is 0 Å². The highest BCUT2D eigenvalue weighted by Crippen LogP contribution is 2.11. The zero-order chi connectivity index (χ0) is 65.7. The number of imidazole rings is 1. The molecule has 20 N–H and O–H groups in total. The molecule has 0 saturated heterocycles. The number of carbonyl (C=O) groups excluding carboxylic acids is 13. The molecular weight excluding hydrogens is 1170 g/mol. The van der Waals surface area contributed by atoms with Crippen LogP contribution in [0.25, 0.3) is 0 Å². The monoisotopic (exact) mass is 1250 g/mol. The van der Waals surface area contributed by atoms with Crippen LogP contribution >= 0.6 is 0 Å². The Bertz CT molecular complexity index is 2570. The number of aliphatic hydroxyl groups excluding tert-OH is 2. The van der Waals surface area contributed by atoms with Gasteiger partial charge >= 0.3 is 5.97 Å². The lowest BCUT2D eigenvalue weighted by atomic mass is 10.0. The van der Waals surface area contributed by atoms with Crippen LogP contribution in [0.5, 0.6) is 0 Å². The number of aliphatic hydroxyl groups is 2. The van der Waals surface area contributed by atoms with Crippen LogP contribution in [0, 0.1) is 11.3 Å². The fraction of sp³-hybridized carbons (Fsp3) is 0.615. The van der Waals surface area contributed by atoms with E-state index in [1.165, 1.54) is 31.8 Å². The maximum Gasteiger partial charge on any atom is 0.305 e. The second-order valence-corrected chi connectivity index (χ2v) is 20.3. The first kappa shape index (κ1) is 74.9. The third kappa shape index (κ3) is 30.3. The Balaban J connectivity index is 2.15. The van der Waals surface area contributed by atoms with Crippen molar-refractivity contribution in [2.45, 2.75) is 127 Å². The average Bonchev–Trinajstić information content (AvgIpc) is 3.80. The van der Waals surface area contributed by atoms with E-state index < -0.39 is 170 Å². The van der Waals surface area contributed by atoms with Crippen LogP contribution in [0.2, 0.25) is 0 Å². The van der Waals surface area contributed by atoms with Gasteiger partial charge in [0.25, 0.3) is 11.8 Å². The lowest BCUT2D eigenvalue weighted by molar-refractivity contribution is -0.142. The zero-order valence-corrected chi connectivity index (χ0v) is 49.2. The fourth-order valence-electron chi connectivity index (χ4n) is 8.05. The van der Waals surface area contributed by atoms with Crippen LogP contribution < -0.4 is 70.0 Å². The van der Waals surface area contributed by atoms with Crippen LogP contribution in [-0.4, -0.2) is 234 Å². The van der Waals surface area contributed by atoms with Gasteiger partial charge in [-0.3, -0.25) is 77.4 Å². The molecule has 1 aromatic rings. The molecule has 490 valence electrons. The highest BCUT2D eigenvalue weighted by molar-refractivity contribution is 6.13. The van der Waals surface area contributed by atoms with E-state index in [1.807, 2.05) is 5.32 Å². The number of carbonyl (C=O) groups is 14. The van der Waals surface area contributed by atoms with Crippen molar-refractivity contribution in [1.29, 1.82) is 5.41 Å². The number of H-pyrrole nitrogens is 1. The van der Waals surface area contributed by atoms with Gasteiger partial charge < -0.3 is 99.7 Å². The summed E-state index contributed by atoms with van der Waals surface area (Å²) in [6, 6.07) is -11.9. The third-order valence-corrected chi connectivity index (χ3v) is 12.5. The summed E-state index contributed by atoms with van der Waals surface area (Å²) in [5, 5.41) is 63.1. The van der Waals surface area contributed by atoms with Crippen LogP contribution in [0.3, 0.4) is 0 Å². The van der Waals surface area contributed by atoms with Crippen molar-refractivity contribution in [2.75, 3.05) is 72.9 Å². The van der Waals surface area contributed by atoms with E-state index in [0.29, 0.717) is 45.5 Å². The van der Waals surface area contributed by atoms with Crippen molar-refractivity contribution in [2.24, 2.45) is 17.4 Å². The van der Waals surface area contributed by atoms with Gasteiger partial charge in [-0.05, 0) is 44.4 Å². The zero-order valence-electron chi connectivity index (χ0n) is 49.2. The predicted molar refractivity (Wildman–Crippen MR) is 305 cm³/mol. The standard InChI is InChI=1S/C52H83N17O19/c1-29(2)19-32(63-39(73)10-5-4-6-15-69-42(76)11-12-43(69)77)48(83)67-36(26-70)46(81)60-25-41(75)62-31(9-7-13-58-52(54)55)47(82)68-37(27-71)51(86)66-35(22-44(78)79)50(85)65-34(21-38(53)72)49(84)64-33(20-30-23-56-28-61-30)45(80)59-24-40(74)57-14-8-16-88-18-17-87-3/h11-12,23,28-29,31-37,70-71H,4-10,13-22,24-27H2,1-3H3,(H2,53,72)(H,56,61)(H,57,74)(H,59,80)(H,60,81)(H,62,75)(H,63,73)(H,64,84)(H,65,85)(H,66,86)(H,67,83)(H,68,82)(H,78,79)(H4,54,55,58)/t31-,32-,33-,34-,35-,36-,37-/m0/s1. The average molecular weight is 1250 g/mol. The quantitative estimate of drug-likeness (QED) is 0.0125. The molecule has 0 unspecified atom stereocenters. The van der Waals surface area contributed by atoms with E-state index >= 15 is 0 Å². The molecule has 2 heterocycles. The van der Waals surface area contributed by atoms with Crippen molar-refractivity contribution in [3.63, 3.8) is 0 Å². The number of carboxylic acids is 1. The molecule has 0 radical (unpaired) electrons. The summed E-state index contributed by atoms with van der Waals surface area (Å²) in [5.74, 6) is -14.4. The molecule has 0 bridgehead atoms. The minimum Gasteiger partial charge on any atom is -0.481 e. The summed E-state index contributed by atoms with van der Waals surface area (Å²) >= 11 is 0. The molecule has 0 spiro atoms. The van der Waals surface area contributed by atoms with Gasteiger partial charge in [-0.1, -0.05) is 20.3 Å². The van der Waals surface area contributed by atoms with E-state index in [1.54, 1.807) is 13.8 Å². The molecule has 36 heteroatoms. The lowest BCUT2D eigenvalue weighted by Gasteiger charge is -2.26. The minimum absolute atomic E-state index is 0.00750. The maximum absolute atomic E-state index is 13.7. The van der Waals surface area contributed by atoms with Crippen LogP contribution in [-0.2, 0) is 83.0 Å². The van der Waals surface area contributed by atoms with Crippen molar-refractivity contribution in [1.82, 2.24) is 73.4 Å². The first-order valence-corrected chi connectivity index (χ1v) is 28.1. The Morgan fingerprint density at radius 3 is 1.70 bits per heavy atom. The molecule has 0 aromatic carbocycles. The molecule has 1 aromatic heterocycles. The first-order valence-electron chi connectivity index (χ1n) is 28.1. The Morgan fingerprint density at radius 2 is 1.14 bits per heavy atom. The molecular formula is C52H83N17O19. The predicted octanol–water partition coefficient (Wildman–Crippen LogP) is -8.12. The SMILES string of the molecule is COCCOCCCNC(=O)CNC(=O)[C@H](Cc1c[nH]cn1)NC(=O)[C@H](CC(N)=O)NC(=O)[C@H](CC(=O)O)NC(=O)[C@H](CO)NC(=O)[C@H](CCCNC(=N)N)NC(=O)CNC(=O)[C@H](CO)NC(=O)[C@H](CC(C)C)NC(=O)CCCCCN1C(=O)C=CC1=O. The Labute approximate surface area is 505 Å². The van der Waals surface area contributed by atoms with Crippen LogP contribution in [0.4, 0.5) is 0 Å². The number of primary amides is 1. The van der Waals surface area contributed by atoms with Gasteiger partial charge in [0.05, 0.1) is 64.4 Å². The topological polar surface area (TPSA) is 558 Å². The number of carboxylic acid groups (broad SMARTS) is 1. The highest BCUT2D eigenvalue weighted by Gasteiger charge is 2.35. The van der Waals surface area contributed by atoms with Gasteiger partial charge in [0.15, 0.2) is 5.96 Å². The number of amides is 13. The van der Waals surface area contributed by atoms with Crippen molar-refractivity contribution >= 4 is 88.7 Å². The largest absolute Gasteiger partial charge is 0.481 e. The van der Waals surface area contributed by atoms with E-state index in [4.69, 9.17) is 26.4 Å². The molecule has 0 fully saturated rings. The van der Waals surface area contributed by atoms with E-state index in [9.17, 15) is 82.4 Å². The summed E-state index contributed by atoms with van der Waals surface area (Å²) in [7, 11) is 1.51. The van der Waals surface area contributed by atoms with E-state index in [0.717, 1.165) is 4.90 Å². The second kappa shape index (κ2) is 41.0. The van der Waals surface area contributed by atoms with E-state index in [2.05, 4.69) is 63.1 Å². The first-order chi connectivity index (χ1) is 41.8. The number of unbranched alkanes of at least 4 members (excludes halogenated alkanes) is 2. The third-order valence-electron chi connectivity index (χ3n) is 12.5. The highest BCUT2D eigenvalue weighted by atomic mass is 16.5. The van der Waals surface area contributed by atoms with Gasteiger partial charge in [0, 0.05) is 64.5 Å². The summed E-state index contributed by atoms with van der Waals surface area (Å²) in [6.07, 6.45) is 4.13. The minimum atomic E-state index is -2.10.